The maximum atomic E-state index is 11.4. The van der Waals surface area contributed by atoms with Crippen molar-refractivity contribution in [2.24, 2.45) is 5.41 Å². The van der Waals surface area contributed by atoms with E-state index >= 15 is 0 Å². The van der Waals surface area contributed by atoms with E-state index in [-0.39, 0.29) is 0 Å². The van der Waals surface area contributed by atoms with Gasteiger partial charge in [0.1, 0.15) is 12.4 Å². The Hall–Kier alpha value is -2.27. The van der Waals surface area contributed by atoms with Gasteiger partial charge in [-0.1, -0.05) is 18.2 Å². The van der Waals surface area contributed by atoms with Crippen LogP contribution in [0, 0.1) is 12.3 Å². The quantitative estimate of drug-likeness (QED) is 0.849. The predicted molar refractivity (Wildman–Crippen MR) is 102 cm³/mol. The van der Waals surface area contributed by atoms with Crippen LogP contribution in [0.2, 0.25) is 0 Å². The van der Waals surface area contributed by atoms with Gasteiger partial charge in [0.2, 0.25) is 0 Å². The van der Waals surface area contributed by atoms with Crippen LogP contribution in [0.5, 0.6) is 0 Å². The highest BCUT2D eigenvalue weighted by molar-refractivity contribution is 5.74. The lowest BCUT2D eigenvalue weighted by Gasteiger charge is -2.24. The zero-order valence-corrected chi connectivity index (χ0v) is 15.8. The summed E-state index contributed by atoms with van der Waals surface area (Å²) in [5.74, 6) is 0.238. The highest BCUT2D eigenvalue weighted by atomic mass is 16.5. The molecule has 5 nitrogen and oxygen atoms in total. The molecule has 0 saturated carbocycles. The van der Waals surface area contributed by atoms with Crippen LogP contribution in [0.1, 0.15) is 30.5 Å². The fourth-order valence-corrected chi connectivity index (χ4v) is 3.41. The molecule has 2 N–H and O–H groups in total. The van der Waals surface area contributed by atoms with Gasteiger partial charge in [-0.15, -0.1) is 0 Å². The van der Waals surface area contributed by atoms with E-state index in [1.54, 1.807) is 13.8 Å². The summed E-state index contributed by atoms with van der Waals surface area (Å²) in [7, 11) is 0. The Bertz CT molecular complexity index is 750. The second-order valence-electron chi connectivity index (χ2n) is 7.87. The highest BCUT2D eigenvalue weighted by Gasteiger charge is 2.27. The third-order valence-corrected chi connectivity index (χ3v) is 5.13. The van der Waals surface area contributed by atoms with Crippen LogP contribution in [-0.2, 0) is 22.5 Å². The lowest BCUT2D eigenvalue weighted by molar-refractivity contribution is -0.146. The number of nitrogens with zero attached hydrogens (tertiary/aromatic N) is 1. The fourth-order valence-electron chi connectivity index (χ4n) is 3.41. The smallest absolute Gasteiger partial charge is 0.309 e. The van der Waals surface area contributed by atoms with Crippen molar-refractivity contribution in [1.82, 2.24) is 10.2 Å². The molecule has 5 heteroatoms. The molecule has 1 aromatic rings. The van der Waals surface area contributed by atoms with E-state index in [4.69, 9.17) is 4.74 Å². The maximum absolute atomic E-state index is 11.4. The Labute approximate surface area is 155 Å². The van der Waals surface area contributed by atoms with Crippen LogP contribution >= 0.6 is 0 Å². The summed E-state index contributed by atoms with van der Waals surface area (Å²) in [6.07, 6.45) is 4.47. The monoisotopic (exact) mass is 356 g/mol. The van der Waals surface area contributed by atoms with Gasteiger partial charge < -0.3 is 15.2 Å². The molecule has 0 atom stereocenters. The van der Waals surface area contributed by atoms with E-state index in [9.17, 15) is 9.90 Å². The van der Waals surface area contributed by atoms with E-state index < -0.39 is 11.4 Å². The predicted octanol–water partition coefficient (Wildman–Crippen LogP) is 2.85. The van der Waals surface area contributed by atoms with Gasteiger partial charge in [0.25, 0.3) is 0 Å². The third-order valence-electron chi connectivity index (χ3n) is 5.13. The molecule has 2 aliphatic heterocycles. The SMILES string of the molecule is Cc1ccc(CC(C)(C)C(=O)O)cc1CN1CCOC2=C(CNC=C2)C1. The Kier molecular flexibility index (Phi) is 5.37. The van der Waals surface area contributed by atoms with Gasteiger partial charge in [-0.2, -0.15) is 0 Å². The Balaban J connectivity index is 1.75. The highest BCUT2D eigenvalue weighted by Crippen LogP contribution is 2.25. The van der Waals surface area contributed by atoms with Crippen molar-refractivity contribution >= 4 is 5.97 Å². The Morgan fingerprint density at radius 3 is 2.96 bits per heavy atom. The van der Waals surface area contributed by atoms with Crippen molar-refractivity contribution in [2.45, 2.75) is 33.7 Å². The minimum absolute atomic E-state index is 0.530. The molecule has 140 valence electrons. The number of carbonyl (C=O) groups is 1. The van der Waals surface area contributed by atoms with Crippen LogP contribution in [-0.4, -0.2) is 42.2 Å². The number of carboxylic acids is 1. The number of dihydropyridines is 1. The van der Waals surface area contributed by atoms with Crippen molar-refractivity contribution in [1.29, 1.82) is 0 Å². The second-order valence-corrected chi connectivity index (χ2v) is 7.87. The number of aryl methyl sites for hydroxylation is 1. The maximum Gasteiger partial charge on any atom is 0.309 e. The molecule has 0 saturated heterocycles. The molecule has 1 aromatic carbocycles. The topological polar surface area (TPSA) is 61.8 Å². The number of aliphatic carboxylic acids is 1. The van der Waals surface area contributed by atoms with Gasteiger partial charge in [-0.05, 0) is 50.0 Å². The van der Waals surface area contributed by atoms with Crippen molar-refractivity contribution in [3.05, 3.63) is 58.5 Å². The van der Waals surface area contributed by atoms with Gasteiger partial charge in [-0.25, -0.2) is 0 Å². The van der Waals surface area contributed by atoms with Crippen LogP contribution < -0.4 is 5.32 Å². The summed E-state index contributed by atoms with van der Waals surface area (Å²) in [5.41, 5.74) is 4.09. The van der Waals surface area contributed by atoms with Crippen LogP contribution in [0.15, 0.2) is 41.8 Å². The van der Waals surface area contributed by atoms with Gasteiger partial charge in [0.05, 0.1) is 5.41 Å². The summed E-state index contributed by atoms with van der Waals surface area (Å²) in [6, 6.07) is 6.32. The average Bonchev–Trinajstić information content (AvgIpc) is 2.79. The second kappa shape index (κ2) is 7.54. The molecule has 3 rings (SSSR count). The summed E-state index contributed by atoms with van der Waals surface area (Å²) in [6.45, 7) is 9.80. The number of nitrogens with one attached hydrogen (secondary N) is 1. The number of carboxylic acid groups (broad SMARTS) is 1. The van der Waals surface area contributed by atoms with Crippen molar-refractivity contribution in [2.75, 3.05) is 26.2 Å². The zero-order valence-electron chi connectivity index (χ0n) is 15.8. The van der Waals surface area contributed by atoms with E-state index in [2.05, 4.69) is 29.3 Å². The zero-order chi connectivity index (χ0) is 18.7. The molecule has 0 aliphatic carbocycles. The molecule has 0 radical (unpaired) electrons. The lowest BCUT2D eigenvalue weighted by Crippen LogP contribution is -2.30. The normalized spacial score (nSPS) is 18.0. The van der Waals surface area contributed by atoms with Crippen molar-refractivity contribution in [3.8, 4) is 0 Å². The van der Waals surface area contributed by atoms with Crippen LogP contribution in [0.4, 0.5) is 0 Å². The molecule has 0 amide bonds. The van der Waals surface area contributed by atoms with Crippen molar-refractivity contribution in [3.63, 3.8) is 0 Å². The standard InChI is InChI=1S/C21H28N2O3/c1-15-4-5-16(11-21(2,3)20(24)25)10-17(15)13-23-8-9-26-19-6-7-22-12-18(19)14-23/h4-7,10,22H,8-9,11-14H2,1-3H3,(H,24,25). The summed E-state index contributed by atoms with van der Waals surface area (Å²) in [5, 5.41) is 12.6. The van der Waals surface area contributed by atoms with Gasteiger partial charge in [-0.3, -0.25) is 9.69 Å². The Morgan fingerprint density at radius 2 is 2.19 bits per heavy atom. The minimum atomic E-state index is -0.762. The lowest BCUT2D eigenvalue weighted by atomic mass is 9.85. The molecule has 0 spiro atoms. The minimum Gasteiger partial charge on any atom is -0.492 e. The molecular weight excluding hydrogens is 328 g/mol. The van der Waals surface area contributed by atoms with Crippen LogP contribution in [0.25, 0.3) is 0 Å². The first-order valence-electron chi connectivity index (χ1n) is 9.14. The molecule has 26 heavy (non-hydrogen) atoms. The first kappa shape index (κ1) is 18.5. The number of allylic oxidation sites excluding steroid dienone is 1. The number of ether oxygens (including phenoxy) is 1. The van der Waals surface area contributed by atoms with E-state index in [1.807, 2.05) is 18.3 Å². The molecule has 0 fully saturated rings. The molecule has 2 heterocycles. The van der Waals surface area contributed by atoms with Gasteiger partial charge in [0, 0.05) is 38.0 Å². The van der Waals surface area contributed by atoms with Gasteiger partial charge >= 0.3 is 5.97 Å². The number of rotatable bonds is 5. The number of hydrogen-bond acceptors (Lipinski definition) is 4. The molecule has 2 aliphatic rings. The molecule has 0 bridgehead atoms. The third kappa shape index (κ3) is 4.28. The summed E-state index contributed by atoms with van der Waals surface area (Å²) in [4.78, 5) is 13.8. The average molecular weight is 356 g/mol. The first-order chi connectivity index (χ1) is 12.3. The molecular formula is C21H28N2O3. The van der Waals surface area contributed by atoms with Gasteiger partial charge in [0.15, 0.2) is 0 Å². The molecule has 0 unspecified atom stereocenters. The fraction of sp³-hybridized carbons (Fsp3) is 0.476. The Morgan fingerprint density at radius 1 is 1.38 bits per heavy atom. The van der Waals surface area contributed by atoms with E-state index in [0.717, 1.165) is 37.5 Å². The van der Waals surface area contributed by atoms with Crippen molar-refractivity contribution < 1.29 is 14.6 Å². The van der Waals surface area contributed by atoms with E-state index in [1.165, 1.54) is 16.7 Å². The molecule has 0 aromatic heterocycles. The van der Waals surface area contributed by atoms with Crippen LogP contribution in [0.3, 0.4) is 0 Å². The summed E-state index contributed by atoms with van der Waals surface area (Å²) >= 11 is 0. The largest absolute Gasteiger partial charge is 0.492 e. The first-order valence-corrected chi connectivity index (χ1v) is 9.14. The van der Waals surface area contributed by atoms with E-state index in [0.29, 0.717) is 13.0 Å². The summed E-state index contributed by atoms with van der Waals surface area (Å²) < 4.78 is 5.87. The number of hydrogen-bond donors (Lipinski definition) is 2. The number of benzene rings is 1.